The van der Waals surface area contributed by atoms with Gasteiger partial charge in [-0.15, -0.1) is 0 Å². The van der Waals surface area contributed by atoms with Crippen LogP contribution in [0.2, 0.25) is 0 Å². The Morgan fingerprint density at radius 1 is 1.13 bits per heavy atom. The number of carbonyl (C=O) groups is 1. The van der Waals surface area contributed by atoms with E-state index in [2.05, 4.69) is 15.4 Å². The van der Waals surface area contributed by atoms with E-state index in [9.17, 15) is 13.2 Å². The molecule has 9 heteroatoms. The first-order chi connectivity index (χ1) is 14.3. The first kappa shape index (κ1) is 21.7. The van der Waals surface area contributed by atoms with Crippen molar-refractivity contribution in [1.29, 1.82) is 0 Å². The number of pyridine rings is 1. The van der Waals surface area contributed by atoms with Crippen LogP contribution < -0.4 is 5.32 Å². The predicted octanol–water partition coefficient (Wildman–Crippen LogP) is 2.92. The first-order valence-corrected chi connectivity index (χ1v) is 11.1. The number of hydrogen-bond donors (Lipinski definition) is 1. The number of rotatable bonds is 8. The Balaban J connectivity index is 1.79. The number of carbonyl (C=O) groups excluding carboxylic acids is 1. The highest BCUT2D eigenvalue weighted by atomic mass is 32.2. The standard InChI is InChI=1S/C21H25N5O3S/c1-4-26(5-2)30(28,29)18-10-9-16(3)19(14-18)21(27)23-20-11-13-25(24-20)15-17-8-6-7-12-22-17/h6-14H,4-5,15H2,1-3H3,(H,23,24,27). The Morgan fingerprint density at radius 2 is 1.90 bits per heavy atom. The molecule has 0 aliphatic heterocycles. The van der Waals surface area contributed by atoms with Crippen molar-refractivity contribution in [1.82, 2.24) is 19.1 Å². The van der Waals surface area contributed by atoms with E-state index in [1.165, 1.54) is 16.4 Å². The highest BCUT2D eigenvalue weighted by Gasteiger charge is 2.23. The fraction of sp³-hybridized carbons (Fsp3) is 0.286. The van der Waals surface area contributed by atoms with Crippen LogP contribution in [0.5, 0.6) is 0 Å². The van der Waals surface area contributed by atoms with Gasteiger partial charge >= 0.3 is 0 Å². The third-order valence-corrected chi connectivity index (χ3v) is 6.78. The third kappa shape index (κ3) is 4.74. The maximum Gasteiger partial charge on any atom is 0.257 e. The van der Waals surface area contributed by atoms with Gasteiger partial charge in [-0.25, -0.2) is 8.42 Å². The number of nitrogens with zero attached hydrogens (tertiary/aromatic N) is 4. The Kier molecular flexibility index (Phi) is 6.63. The van der Waals surface area contributed by atoms with E-state index in [0.29, 0.717) is 36.6 Å². The zero-order valence-electron chi connectivity index (χ0n) is 17.2. The van der Waals surface area contributed by atoms with E-state index in [1.807, 2.05) is 18.2 Å². The van der Waals surface area contributed by atoms with Crippen molar-refractivity contribution >= 4 is 21.7 Å². The van der Waals surface area contributed by atoms with E-state index < -0.39 is 15.9 Å². The van der Waals surface area contributed by atoms with Crippen LogP contribution in [-0.4, -0.2) is 46.5 Å². The highest BCUT2D eigenvalue weighted by molar-refractivity contribution is 7.89. The molecule has 0 radical (unpaired) electrons. The van der Waals surface area contributed by atoms with Crippen molar-refractivity contribution in [2.45, 2.75) is 32.2 Å². The van der Waals surface area contributed by atoms with E-state index >= 15 is 0 Å². The number of sulfonamides is 1. The van der Waals surface area contributed by atoms with Gasteiger partial charge in [0.05, 0.1) is 17.1 Å². The number of benzene rings is 1. The van der Waals surface area contributed by atoms with Crippen LogP contribution in [0.15, 0.2) is 59.8 Å². The lowest BCUT2D eigenvalue weighted by Gasteiger charge is -2.19. The minimum atomic E-state index is -3.65. The molecule has 0 saturated carbocycles. The minimum absolute atomic E-state index is 0.0997. The molecule has 0 spiro atoms. The second-order valence-corrected chi connectivity index (χ2v) is 8.68. The Hall–Kier alpha value is -3.04. The Bertz CT molecular complexity index is 1120. The number of amides is 1. The monoisotopic (exact) mass is 427 g/mol. The molecular formula is C21H25N5O3S. The van der Waals surface area contributed by atoms with Gasteiger partial charge < -0.3 is 5.32 Å². The topological polar surface area (TPSA) is 97.2 Å². The van der Waals surface area contributed by atoms with Gasteiger partial charge in [-0.1, -0.05) is 26.0 Å². The smallest absolute Gasteiger partial charge is 0.257 e. The largest absolute Gasteiger partial charge is 0.305 e. The lowest BCUT2D eigenvalue weighted by molar-refractivity contribution is 0.102. The fourth-order valence-electron chi connectivity index (χ4n) is 3.08. The van der Waals surface area contributed by atoms with Crippen LogP contribution in [0.4, 0.5) is 5.82 Å². The molecule has 0 aliphatic carbocycles. The van der Waals surface area contributed by atoms with Gasteiger partial charge in [0.25, 0.3) is 5.91 Å². The summed E-state index contributed by atoms with van der Waals surface area (Å²) in [6, 6.07) is 11.9. The molecule has 158 valence electrons. The maximum atomic E-state index is 12.8. The van der Waals surface area contributed by atoms with Crippen LogP contribution in [0.25, 0.3) is 0 Å². The molecule has 1 aromatic carbocycles. The second kappa shape index (κ2) is 9.19. The molecular weight excluding hydrogens is 402 g/mol. The van der Waals surface area contributed by atoms with Crippen molar-refractivity contribution in [3.8, 4) is 0 Å². The summed E-state index contributed by atoms with van der Waals surface area (Å²) in [7, 11) is -3.65. The summed E-state index contributed by atoms with van der Waals surface area (Å²) in [5.41, 5.74) is 1.82. The van der Waals surface area contributed by atoms with E-state index in [1.54, 1.807) is 50.0 Å². The summed E-state index contributed by atoms with van der Waals surface area (Å²) in [5, 5.41) is 7.09. The van der Waals surface area contributed by atoms with Gasteiger partial charge in [0.15, 0.2) is 5.82 Å². The van der Waals surface area contributed by atoms with Gasteiger partial charge in [0.1, 0.15) is 0 Å². The van der Waals surface area contributed by atoms with E-state index in [-0.39, 0.29) is 4.90 Å². The van der Waals surface area contributed by atoms with Crippen LogP contribution >= 0.6 is 0 Å². The molecule has 1 amide bonds. The average molecular weight is 428 g/mol. The summed E-state index contributed by atoms with van der Waals surface area (Å²) in [4.78, 5) is 17.2. The number of nitrogens with one attached hydrogen (secondary N) is 1. The molecule has 30 heavy (non-hydrogen) atoms. The SMILES string of the molecule is CCN(CC)S(=O)(=O)c1ccc(C)c(C(=O)Nc2ccn(Cc3ccccn3)n2)c1. The fourth-order valence-corrected chi connectivity index (χ4v) is 4.56. The average Bonchev–Trinajstić information content (AvgIpc) is 3.16. The van der Waals surface area contributed by atoms with Crippen molar-refractivity contribution < 1.29 is 13.2 Å². The molecule has 0 aliphatic rings. The zero-order valence-corrected chi connectivity index (χ0v) is 18.1. The molecule has 2 aromatic heterocycles. The number of hydrogen-bond acceptors (Lipinski definition) is 5. The Morgan fingerprint density at radius 3 is 2.57 bits per heavy atom. The van der Waals surface area contributed by atoms with Crippen LogP contribution in [0, 0.1) is 6.92 Å². The number of aromatic nitrogens is 3. The van der Waals surface area contributed by atoms with Gasteiger partial charge in [0.2, 0.25) is 10.0 Å². The molecule has 1 N–H and O–H groups in total. The normalized spacial score (nSPS) is 11.6. The van der Waals surface area contributed by atoms with E-state index in [0.717, 1.165) is 5.69 Å². The van der Waals surface area contributed by atoms with Crippen LogP contribution in [-0.2, 0) is 16.6 Å². The van der Waals surface area contributed by atoms with Crippen molar-refractivity contribution in [2.75, 3.05) is 18.4 Å². The summed E-state index contributed by atoms with van der Waals surface area (Å²) in [6.45, 7) is 6.54. The lowest BCUT2D eigenvalue weighted by Crippen LogP contribution is -2.30. The molecule has 0 unspecified atom stereocenters. The highest BCUT2D eigenvalue weighted by Crippen LogP contribution is 2.20. The minimum Gasteiger partial charge on any atom is -0.305 e. The van der Waals surface area contributed by atoms with Crippen LogP contribution in [0.3, 0.4) is 0 Å². The van der Waals surface area contributed by atoms with E-state index in [4.69, 9.17) is 0 Å². The first-order valence-electron chi connectivity index (χ1n) is 9.70. The van der Waals surface area contributed by atoms with Gasteiger partial charge in [-0.2, -0.15) is 9.40 Å². The molecule has 2 heterocycles. The summed E-state index contributed by atoms with van der Waals surface area (Å²) >= 11 is 0. The summed E-state index contributed by atoms with van der Waals surface area (Å²) in [5.74, 6) is -0.0282. The van der Waals surface area contributed by atoms with Crippen molar-refractivity contribution in [3.05, 3.63) is 71.7 Å². The summed E-state index contributed by atoms with van der Waals surface area (Å²) in [6.07, 6.45) is 3.46. The summed E-state index contributed by atoms with van der Waals surface area (Å²) < 4.78 is 28.6. The molecule has 0 fully saturated rings. The molecule has 0 atom stereocenters. The van der Waals surface area contributed by atoms with Gasteiger partial charge in [-0.3, -0.25) is 14.5 Å². The van der Waals surface area contributed by atoms with Gasteiger partial charge in [0, 0.05) is 37.1 Å². The van der Waals surface area contributed by atoms with Crippen molar-refractivity contribution in [2.24, 2.45) is 0 Å². The number of aryl methyl sites for hydroxylation is 1. The molecule has 0 saturated heterocycles. The molecule has 3 rings (SSSR count). The third-order valence-electron chi connectivity index (χ3n) is 4.73. The lowest BCUT2D eigenvalue weighted by atomic mass is 10.1. The predicted molar refractivity (Wildman–Crippen MR) is 115 cm³/mol. The second-order valence-electron chi connectivity index (χ2n) is 6.74. The quantitative estimate of drug-likeness (QED) is 0.596. The zero-order chi connectivity index (χ0) is 21.7. The molecule has 0 bridgehead atoms. The van der Waals surface area contributed by atoms with Crippen molar-refractivity contribution in [3.63, 3.8) is 0 Å². The van der Waals surface area contributed by atoms with Crippen LogP contribution in [0.1, 0.15) is 35.5 Å². The Labute approximate surface area is 176 Å². The molecule has 8 nitrogen and oxygen atoms in total. The number of anilines is 1. The van der Waals surface area contributed by atoms with Gasteiger partial charge in [-0.05, 0) is 36.8 Å². The molecule has 3 aromatic rings. The maximum absolute atomic E-state index is 12.8.